The number of hydrogen-bond acceptors (Lipinski definition) is 0. The first kappa shape index (κ1) is 8.06. The molecule has 0 saturated heterocycles. The van der Waals surface area contributed by atoms with E-state index in [9.17, 15) is 5.11 Å². The van der Waals surface area contributed by atoms with Gasteiger partial charge in [0.25, 0.3) is 0 Å². The zero-order valence-electron chi connectivity index (χ0n) is 6.81. The van der Waals surface area contributed by atoms with Gasteiger partial charge in [-0.3, -0.25) is 0 Å². The summed E-state index contributed by atoms with van der Waals surface area (Å²) in [5.41, 5.74) is 0. The third kappa shape index (κ3) is 3.21. The molecule has 0 aromatic heterocycles. The number of rotatable bonds is 5. The highest BCUT2D eigenvalue weighted by Gasteiger charge is 2.20. The fourth-order valence-corrected chi connectivity index (χ4v) is 1.24. The molecule has 0 bridgehead atoms. The van der Waals surface area contributed by atoms with E-state index in [4.69, 9.17) is 0 Å². The molecule has 0 aromatic carbocycles. The van der Waals surface area contributed by atoms with Crippen molar-refractivity contribution in [1.82, 2.24) is 0 Å². The first-order chi connectivity index (χ1) is 4.83. The zero-order chi connectivity index (χ0) is 7.40. The Hall–Kier alpha value is -0.0400. The van der Waals surface area contributed by atoms with Crippen molar-refractivity contribution in [2.75, 3.05) is 0 Å². The normalized spacial score (nSPS) is 21.0. The van der Waals surface area contributed by atoms with Crippen molar-refractivity contribution in [2.45, 2.75) is 51.6 Å². The fourth-order valence-electron chi connectivity index (χ4n) is 1.24. The lowest BCUT2D eigenvalue weighted by molar-refractivity contribution is 0.0753. The monoisotopic (exact) mass is 141 g/mol. The third-order valence-electron chi connectivity index (χ3n) is 2.29. The molecule has 10 heavy (non-hydrogen) atoms. The highest BCUT2D eigenvalue weighted by atomic mass is 16.3. The molecule has 0 spiro atoms. The molecule has 1 unspecified atom stereocenters. The molecule has 1 saturated carbocycles. The lowest BCUT2D eigenvalue weighted by Crippen LogP contribution is -2.01. The summed E-state index contributed by atoms with van der Waals surface area (Å²) < 4.78 is 0. The van der Waals surface area contributed by atoms with Gasteiger partial charge in [0, 0.05) is 0 Å². The molecule has 1 nitrogen and oxygen atoms in total. The zero-order valence-corrected chi connectivity index (χ0v) is 6.81. The first-order valence-electron chi connectivity index (χ1n) is 4.48. The van der Waals surface area contributed by atoms with Gasteiger partial charge in [-0.15, -0.1) is 0 Å². The molecule has 0 aliphatic heterocycles. The predicted molar refractivity (Wildman–Crippen MR) is 41.3 cm³/mol. The van der Waals surface area contributed by atoms with Crippen LogP contribution in [0.4, 0.5) is 0 Å². The van der Waals surface area contributed by atoms with Crippen molar-refractivity contribution in [3.63, 3.8) is 0 Å². The van der Waals surface area contributed by atoms with Gasteiger partial charge in [-0.2, -0.15) is 0 Å². The summed E-state index contributed by atoms with van der Waals surface area (Å²) in [6, 6.07) is 0. The van der Waals surface area contributed by atoms with E-state index in [1.807, 2.05) is 6.92 Å². The molecule has 0 amide bonds. The maximum Gasteiger partial charge on any atom is 0.0927 e. The van der Waals surface area contributed by atoms with Crippen LogP contribution in [0.1, 0.15) is 45.4 Å². The van der Waals surface area contributed by atoms with Crippen molar-refractivity contribution >= 4 is 0 Å². The summed E-state index contributed by atoms with van der Waals surface area (Å²) in [4.78, 5) is 0. The molecule has 1 atom stereocenters. The van der Waals surface area contributed by atoms with Gasteiger partial charge < -0.3 is 0 Å². The first-order valence-corrected chi connectivity index (χ1v) is 4.48. The molecule has 59 valence electrons. The Labute approximate surface area is 63.4 Å². The van der Waals surface area contributed by atoms with Gasteiger partial charge in [0.1, 0.15) is 0 Å². The van der Waals surface area contributed by atoms with Crippen LogP contribution in [0.5, 0.6) is 0 Å². The summed E-state index contributed by atoms with van der Waals surface area (Å²) in [5, 5.41) is 10.9. The second-order valence-electron chi connectivity index (χ2n) is 3.40. The Morgan fingerprint density at radius 3 is 2.70 bits per heavy atom. The van der Waals surface area contributed by atoms with Gasteiger partial charge in [-0.25, -0.2) is 5.11 Å². The van der Waals surface area contributed by atoms with Crippen LogP contribution in [0.2, 0.25) is 0 Å². The minimum atomic E-state index is -0.279. The Kier molecular flexibility index (Phi) is 3.20. The Morgan fingerprint density at radius 2 is 2.20 bits per heavy atom. The van der Waals surface area contributed by atoms with Crippen LogP contribution >= 0.6 is 0 Å². The summed E-state index contributed by atoms with van der Waals surface area (Å²) in [6.45, 7) is 1.98. The maximum absolute atomic E-state index is 10.9. The van der Waals surface area contributed by atoms with Gasteiger partial charge in [0.15, 0.2) is 0 Å². The summed E-state index contributed by atoms with van der Waals surface area (Å²) in [7, 11) is 0. The Morgan fingerprint density at radius 1 is 1.50 bits per heavy atom. The predicted octanol–water partition coefficient (Wildman–Crippen LogP) is 2.78. The summed E-state index contributed by atoms with van der Waals surface area (Å²) >= 11 is 0. The molecule has 1 fully saturated rings. The van der Waals surface area contributed by atoms with Crippen LogP contribution in [0, 0.1) is 5.92 Å². The lowest BCUT2D eigenvalue weighted by Gasteiger charge is -2.02. The SMILES string of the molecule is CCC([O])CCCC1CC1. The number of hydrogen-bond donors (Lipinski definition) is 0. The van der Waals surface area contributed by atoms with E-state index in [2.05, 4.69) is 0 Å². The second-order valence-corrected chi connectivity index (χ2v) is 3.40. The van der Waals surface area contributed by atoms with Crippen molar-refractivity contribution in [3.05, 3.63) is 0 Å². The van der Waals surface area contributed by atoms with Gasteiger partial charge in [0.2, 0.25) is 0 Å². The quantitative estimate of drug-likeness (QED) is 0.561. The molecule has 1 rings (SSSR count). The van der Waals surface area contributed by atoms with E-state index < -0.39 is 0 Å². The average molecular weight is 141 g/mol. The van der Waals surface area contributed by atoms with Crippen molar-refractivity contribution in [3.8, 4) is 0 Å². The average Bonchev–Trinajstić information content (AvgIpc) is 2.71. The second kappa shape index (κ2) is 3.97. The van der Waals surface area contributed by atoms with Crippen LogP contribution in [-0.2, 0) is 5.11 Å². The summed E-state index contributed by atoms with van der Waals surface area (Å²) in [5.74, 6) is 1.00. The van der Waals surface area contributed by atoms with E-state index in [1.54, 1.807) is 0 Å². The molecule has 1 aliphatic rings. The minimum Gasteiger partial charge on any atom is -0.233 e. The van der Waals surface area contributed by atoms with Crippen molar-refractivity contribution < 1.29 is 5.11 Å². The molecule has 0 N–H and O–H groups in total. The maximum atomic E-state index is 10.9. The molecular formula is C9H17O. The molecular weight excluding hydrogens is 124 g/mol. The van der Waals surface area contributed by atoms with E-state index in [-0.39, 0.29) is 6.10 Å². The highest BCUT2D eigenvalue weighted by Crippen LogP contribution is 2.34. The van der Waals surface area contributed by atoms with Crippen LogP contribution in [0.3, 0.4) is 0 Å². The van der Waals surface area contributed by atoms with Crippen LogP contribution in [0.15, 0.2) is 0 Å². The van der Waals surface area contributed by atoms with E-state index in [0.717, 1.165) is 18.8 Å². The molecule has 0 heterocycles. The van der Waals surface area contributed by atoms with Gasteiger partial charge >= 0.3 is 0 Å². The van der Waals surface area contributed by atoms with Crippen LogP contribution < -0.4 is 0 Å². The highest BCUT2D eigenvalue weighted by molar-refractivity contribution is 4.72. The Bertz CT molecular complexity index is 86.7. The van der Waals surface area contributed by atoms with E-state index >= 15 is 0 Å². The lowest BCUT2D eigenvalue weighted by atomic mass is 10.1. The molecule has 1 aliphatic carbocycles. The van der Waals surface area contributed by atoms with E-state index in [0.29, 0.717) is 0 Å². The Balaban J connectivity index is 1.83. The minimum absolute atomic E-state index is 0.279. The fraction of sp³-hybridized carbons (Fsp3) is 1.00. The third-order valence-corrected chi connectivity index (χ3v) is 2.29. The van der Waals surface area contributed by atoms with Crippen LogP contribution in [0.25, 0.3) is 0 Å². The summed E-state index contributed by atoms with van der Waals surface area (Å²) in [6.07, 6.45) is 6.78. The topological polar surface area (TPSA) is 19.9 Å². The molecule has 1 radical (unpaired) electrons. The van der Waals surface area contributed by atoms with Crippen molar-refractivity contribution in [2.24, 2.45) is 5.92 Å². The van der Waals surface area contributed by atoms with Gasteiger partial charge in [0.05, 0.1) is 6.10 Å². The smallest absolute Gasteiger partial charge is 0.0927 e. The largest absolute Gasteiger partial charge is 0.233 e. The van der Waals surface area contributed by atoms with Gasteiger partial charge in [-0.05, 0) is 18.8 Å². The standard InChI is InChI=1S/C9H17O/c1-2-9(10)5-3-4-8-6-7-8/h8-9H,2-7H2,1H3. The van der Waals surface area contributed by atoms with Crippen LogP contribution in [-0.4, -0.2) is 6.10 Å². The molecule has 0 aromatic rings. The van der Waals surface area contributed by atoms with Crippen molar-refractivity contribution in [1.29, 1.82) is 0 Å². The van der Waals surface area contributed by atoms with Gasteiger partial charge in [-0.1, -0.05) is 32.6 Å². The molecule has 1 heteroatoms. The van der Waals surface area contributed by atoms with E-state index in [1.165, 1.54) is 25.7 Å².